The van der Waals surface area contributed by atoms with E-state index >= 15 is 0 Å². The first kappa shape index (κ1) is 16.2. The summed E-state index contributed by atoms with van der Waals surface area (Å²) >= 11 is 0. The number of aromatic nitrogens is 1. The van der Waals surface area contributed by atoms with E-state index in [0.29, 0.717) is 23.8 Å². The predicted molar refractivity (Wildman–Crippen MR) is 83.0 cm³/mol. The minimum Gasteiger partial charge on any atom is -0.384 e. The van der Waals surface area contributed by atoms with Crippen LogP contribution in [-0.2, 0) is 11.3 Å². The lowest BCUT2D eigenvalue weighted by molar-refractivity contribution is 0.139. The first-order valence-corrected chi connectivity index (χ1v) is 7.84. The van der Waals surface area contributed by atoms with Gasteiger partial charge < -0.3 is 15.0 Å². The number of pyridine rings is 1. The van der Waals surface area contributed by atoms with Crippen molar-refractivity contribution >= 4 is 5.82 Å². The minimum atomic E-state index is -0.175. The summed E-state index contributed by atoms with van der Waals surface area (Å²) in [5.74, 6) is 0.914. The average Bonchev–Trinajstić information content (AvgIpc) is 2.51. The van der Waals surface area contributed by atoms with Crippen LogP contribution in [-0.4, -0.2) is 38.3 Å². The number of rotatable bonds is 7. The van der Waals surface area contributed by atoms with Crippen LogP contribution in [0.2, 0.25) is 0 Å². The van der Waals surface area contributed by atoms with Gasteiger partial charge >= 0.3 is 0 Å². The van der Waals surface area contributed by atoms with Crippen LogP contribution < -0.4 is 10.2 Å². The summed E-state index contributed by atoms with van der Waals surface area (Å²) in [6.45, 7) is 6.07. The second-order valence-electron chi connectivity index (χ2n) is 5.67. The maximum absolute atomic E-state index is 14.6. The van der Waals surface area contributed by atoms with E-state index in [2.05, 4.69) is 22.1 Å². The summed E-state index contributed by atoms with van der Waals surface area (Å²) in [6.07, 6.45) is 4.83. The number of nitrogens with zero attached hydrogens (tertiary/aromatic N) is 2. The third-order valence-electron chi connectivity index (χ3n) is 4.01. The molecule has 0 aliphatic carbocycles. The molecular weight excluding hydrogens is 269 g/mol. The Bertz CT molecular complexity index is 434. The first-order valence-electron chi connectivity index (χ1n) is 7.84. The molecule has 2 rings (SSSR count). The number of nitrogens with one attached hydrogen (secondary N) is 1. The van der Waals surface area contributed by atoms with E-state index in [1.807, 2.05) is 0 Å². The molecule has 118 valence electrons. The van der Waals surface area contributed by atoms with Gasteiger partial charge in [-0.05, 0) is 37.8 Å². The molecule has 0 spiro atoms. The molecule has 4 nitrogen and oxygen atoms in total. The normalized spacial score (nSPS) is 16.4. The molecule has 0 saturated carbocycles. The van der Waals surface area contributed by atoms with E-state index in [4.69, 9.17) is 4.74 Å². The van der Waals surface area contributed by atoms with Gasteiger partial charge in [0.15, 0.2) is 11.6 Å². The van der Waals surface area contributed by atoms with E-state index in [-0.39, 0.29) is 5.82 Å². The van der Waals surface area contributed by atoms with Crippen molar-refractivity contribution < 1.29 is 9.13 Å². The highest BCUT2D eigenvalue weighted by molar-refractivity contribution is 5.43. The molecule has 0 bridgehead atoms. The van der Waals surface area contributed by atoms with Crippen molar-refractivity contribution in [3.63, 3.8) is 0 Å². The Morgan fingerprint density at radius 3 is 2.86 bits per heavy atom. The van der Waals surface area contributed by atoms with Gasteiger partial charge in [-0.15, -0.1) is 0 Å². The van der Waals surface area contributed by atoms with Crippen LogP contribution in [0.5, 0.6) is 0 Å². The molecule has 1 aromatic rings. The summed E-state index contributed by atoms with van der Waals surface area (Å²) in [5, 5.41) is 3.24. The SMILES string of the molecule is CCCNCc1ccnc(N2CCC(COC)CC2)c1F. The summed E-state index contributed by atoms with van der Waals surface area (Å²) in [6, 6.07) is 1.76. The number of piperidine rings is 1. The number of halogens is 1. The van der Waals surface area contributed by atoms with Crippen molar-refractivity contribution in [2.45, 2.75) is 32.7 Å². The highest BCUT2D eigenvalue weighted by atomic mass is 19.1. The smallest absolute Gasteiger partial charge is 0.170 e. The minimum absolute atomic E-state index is 0.175. The molecule has 0 radical (unpaired) electrons. The second kappa shape index (κ2) is 8.29. The zero-order valence-corrected chi connectivity index (χ0v) is 13.1. The van der Waals surface area contributed by atoms with Gasteiger partial charge in [-0.2, -0.15) is 0 Å². The van der Waals surface area contributed by atoms with Gasteiger partial charge in [0.25, 0.3) is 0 Å². The standard InChI is InChI=1S/C16H26FN3O/c1-3-7-18-11-14-4-8-19-16(15(14)17)20-9-5-13(6-10-20)12-21-2/h4,8,13,18H,3,5-7,9-12H2,1-2H3. The summed E-state index contributed by atoms with van der Waals surface area (Å²) < 4.78 is 19.8. The van der Waals surface area contributed by atoms with E-state index < -0.39 is 0 Å². The quantitative estimate of drug-likeness (QED) is 0.785. The fraction of sp³-hybridized carbons (Fsp3) is 0.688. The van der Waals surface area contributed by atoms with Crippen molar-refractivity contribution in [3.8, 4) is 0 Å². The van der Waals surface area contributed by atoms with Gasteiger partial charge in [0.2, 0.25) is 0 Å². The molecule has 1 aromatic heterocycles. The molecule has 1 aliphatic heterocycles. The Balaban J connectivity index is 1.98. The number of hydrogen-bond donors (Lipinski definition) is 1. The Kier molecular flexibility index (Phi) is 6.39. The molecule has 0 aromatic carbocycles. The van der Waals surface area contributed by atoms with Crippen LogP contribution in [0.1, 0.15) is 31.7 Å². The van der Waals surface area contributed by atoms with E-state index in [1.54, 1.807) is 19.4 Å². The Morgan fingerprint density at radius 1 is 1.43 bits per heavy atom. The van der Waals surface area contributed by atoms with Gasteiger partial charge in [-0.3, -0.25) is 0 Å². The van der Waals surface area contributed by atoms with Crippen molar-refractivity contribution in [2.75, 3.05) is 38.3 Å². The Morgan fingerprint density at radius 2 is 2.19 bits per heavy atom. The lowest BCUT2D eigenvalue weighted by atomic mass is 9.98. The van der Waals surface area contributed by atoms with Gasteiger partial charge in [0, 0.05) is 45.1 Å². The third kappa shape index (κ3) is 4.38. The summed E-state index contributed by atoms with van der Waals surface area (Å²) in [4.78, 5) is 6.31. The van der Waals surface area contributed by atoms with E-state index in [0.717, 1.165) is 45.5 Å². The van der Waals surface area contributed by atoms with Gasteiger partial charge in [-0.1, -0.05) is 6.92 Å². The van der Waals surface area contributed by atoms with Crippen LogP contribution in [0.4, 0.5) is 10.2 Å². The topological polar surface area (TPSA) is 37.4 Å². The molecule has 1 aliphatic rings. The summed E-state index contributed by atoms with van der Waals surface area (Å²) in [7, 11) is 1.74. The van der Waals surface area contributed by atoms with Crippen molar-refractivity contribution in [3.05, 3.63) is 23.6 Å². The molecule has 1 fully saturated rings. The molecule has 1 N–H and O–H groups in total. The van der Waals surface area contributed by atoms with E-state index in [9.17, 15) is 4.39 Å². The largest absolute Gasteiger partial charge is 0.384 e. The molecule has 0 amide bonds. The number of hydrogen-bond acceptors (Lipinski definition) is 4. The third-order valence-corrected chi connectivity index (χ3v) is 4.01. The van der Waals surface area contributed by atoms with Crippen molar-refractivity contribution in [2.24, 2.45) is 5.92 Å². The Hall–Kier alpha value is -1.20. The lowest BCUT2D eigenvalue weighted by Gasteiger charge is -2.32. The van der Waals surface area contributed by atoms with Gasteiger partial charge in [0.1, 0.15) is 0 Å². The number of ether oxygens (including phenoxy) is 1. The first-order chi connectivity index (χ1) is 10.3. The van der Waals surface area contributed by atoms with Gasteiger partial charge in [0.05, 0.1) is 0 Å². The maximum atomic E-state index is 14.6. The molecular formula is C16H26FN3O. The number of methoxy groups -OCH3 is 1. The van der Waals surface area contributed by atoms with E-state index in [1.165, 1.54) is 0 Å². The van der Waals surface area contributed by atoms with Crippen LogP contribution in [0.25, 0.3) is 0 Å². The van der Waals surface area contributed by atoms with Crippen LogP contribution >= 0.6 is 0 Å². The molecule has 0 unspecified atom stereocenters. The maximum Gasteiger partial charge on any atom is 0.170 e. The zero-order valence-electron chi connectivity index (χ0n) is 13.1. The second-order valence-corrected chi connectivity index (χ2v) is 5.67. The number of anilines is 1. The fourth-order valence-electron chi connectivity index (χ4n) is 2.78. The monoisotopic (exact) mass is 295 g/mol. The lowest BCUT2D eigenvalue weighted by Crippen LogP contribution is -2.36. The predicted octanol–water partition coefficient (Wildman–Crippen LogP) is 2.58. The molecule has 0 atom stereocenters. The highest BCUT2D eigenvalue weighted by Crippen LogP contribution is 2.25. The van der Waals surface area contributed by atoms with Crippen molar-refractivity contribution in [1.29, 1.82) is 0 Å². The molecule has 2 heterocycles. The molecule has 5 heteroatoms. The van der Waals surface area contributed by atoms with Crippen molar-refractivity contribution in [1.82, 2.24) is 10.3 Å². The Labute approximate surface area is 126 Å². The van der Waals surface area contributed by atoms with Gasteiger partial charge in [-0.25, -0.2) is 9.37 Å². The fourth-order valence-corrected chi connectivity index (χ4v) is 2.78. The van der Waals surface area contributed by atoms with Crippen LogP contribution in [0, 0.1) is 11.7 Å². The summed E-state index contributed by atoms with van der Waals surface area (Å²) in [5.41, 5.74) is 0.701. The highest BCUT2D eigenvalue weighted by Gasteiger charge is 2.23. The molecule has 1 saturated heterocycles. The molecule has 21 heavy (non-hydrogen) atoms. The zero-order chi connectivity index (χ0) is 15.1. The average molecular weight is 295 g/mol. The van der Waals surface area contributed by atoms with Crippen LogP contribution in [0.15, 0.2) is 12.3 Å². The van der Waals surface area contributed by atoms with Crippen LogP contribution in [0.3, 0.4) is 0 Å².